The lowest BCUT2D eigenvalue weighted by atomic mass is 9.56. The van der Waals surface area contributed by atoms with Gasteiger partial charge in [-0.05, 0) is 123 Å². The van der Waals surface area contributed by atoms with Crippen LogP contribution in [0, 0.1) is 30.1 Å². The number of rotatable bonds is 14. The van der Waals surface area contributed by atoms with Gasteiger partial charge in [0.05, 0.1) is 23.1 Å². The molecule has 4 atom stereocenters. The van der Waals surface area contributed by atoms with Crippen LogP contribution < -0.4 is 14.8 Å². The molecule has 0 unspecified atom stereocenters. The molecule has 0 aliphatic heterocycles. The topological polar surface area (TPSA) is 148 Å². The molecule has 0 aromatic heterocycles. The molecular weight excluding hydrogens is 734 g/mol. The summed E-state index contributed by atoms with van der Waals surface area (Å²) in [6, 6.07) is 27.1. The standard InChI is InChI=1S/C45H42ClNO9/c1-28-3-13-37(14-4-28)55-27-41(48)47-36-11-17-39(18-12-36)56-38-15-9-33(10-16-38)43(51)54-22-20-30-19-21-45(44(52)53)34(25-30)23-29(2)24-35(45)26-40(46)31-5-7-32(8-6-31)42(49)50/h3-19,21,24,26,30,34-35H,20,22-23,25,27H2,1-2H3,(H,47,48)(H,49,50)(H,52,53)/b40-26-/t30-,34-,35-,45-/m0/s1. The van der Waals surface area contributed by atoms with Crippen LogP contribution in [0.4, 0.5) is 5.69 Å². The van der Waals surface area contributed by atoms with Gasteiger partial charge in [-0.3, -0.25) is 9.59 Å². The zero-order chi connectivity index (χ0) is 39.8. The minimum Gasteiger partial charge on any atom is -0.484 e. The first kappa shape index (κ1) is 39.6. The molecular formula is C45H42ClNO9. The largest absolute Gasteiger partial charge is 0.484 e. The number of esters is 1. The van der Waals surface area contributed by atoms with E-state index in [2.05, 4.69) is 5.32 Å². The molecule has 0 radical (unpaired) electrons. The van der Waals surface area contributed by atoms with Gasteiger partial charge < -0.3 is 29.7 Å². The summed E-state index contributed by atoms with van der Waals surface area (Å²) in [6.07, 6.45) is 9.13. The normalized spacial score (nSPS) is 20.2. The van der Waals surface area contributed by atoms with E-state index in [4.69, 9.17) is 25.8 Å². The van der Waals surface area contributed by atoms with E-state index in [9.17, 15) is 29.4 Å². The van der Waals surface area contributed by atoms with Crippen molar-refractivity contribution in [2.75, 3.05) is 18.5 Å². The number of nitrogens with one attached hydrogen (secondary N) is 1. The predicted octanol–water partition coefficient (Wildman–Crippen LogP) is 9.56. The third-order valence-corrected chi connectivity index (χ3v) is 10.5. The lowest BCUT2D eigenvalue weighted by Crippen LogP contribution is -2.47. The molecule has 2 aliphatic rings. The number of carbonyl (C=O) groups is 4. The van der Waals surface area contributed by atoms with Crippen molar-refractivity contribution in [2.45, 2.75) is 33.1 Å². The van der Waals surface area contributed by atoms with Crippen molar-refractivity contribution in [3.63, 3.8) is 0 Å². The minimum atomic E-state index is -1.20. The first-order valence-electron chi connectivity index (χ1n) is 18.2. The number of carbonyl (C=O) groups excluding carboxylic acids is 2. The van der Waals surface area contributed by atoms with Gasteiger partial charge in [0.1, 0.15) is 17.2 Å². The molecule has 288 valence electrons. The highest BCUT2D eigenvalue weighted by molar-refractivity contribution is 6.48. The third kappa shape index (κ3) is 9.56. The van der Waals surface area contributed by atoms with Crippen LogP contribution in [0.1, 0.15) is 58.0 Å². The summed E-state index contributed by atoms with van der Waals surface area (Å²) < 4.78 is 17.0. The molecule has 0 saturated heterocycles. The van der Waals surface area contributed by atoms with Crippen molar-refractivity contribution in [3.05, 3.63) is 149 Å². The number of amides is 1. The zero-order valence-electron chi connectivity index (χ0n) is 30.9. The van der Waals surface area contributed by atoms with E-state index in [-0.39, 0.29) is 36.5 Å². The molecule has 56 heavy (non-hydrogen) atoms. The fourth-order valence-electron chi connectivity index (χ4n) is 7.19. The zero-order valence-corrected chi connectivity index (χ0v) is 31.7. The number of aliphatic carboxylic acids is 1. The first-order valence-corrected chi connectivity index (χ1v) is 18.6. The summed E-state index contributed by atoms with van der Waals surface area (Å²) >= 11 is 6.68. The highest BCUT2D eigenvalue weighted by Gasteiger charge is 2.52. The Morgan fingerprint density at radius 2 is 1.43 bits per heavy atom. The van der Waals surface area contributed by atoms with Gasteiger partial charge in [-0.2, -0.15) is 0 Å². The molecule has 0 bridgehead atoms. The molecule has 10 nitrogen and oxygen atoms in total. The van der Waals surface area contributed by atoms with Crippen molar-refractivity contribution in [1.29, 1.82) is 0 Å². The van der Waals surface area contributed by atoms with Crippen LogP contribution in [0.15, 0.2) is 127 Å². The molecule has 11 heteroatoms. The number of ether oxygens (including phenoxy) is 3. The number of anilines is 1. The van der Waals surface area contributed by atoms with Crippen molar-refractivity contribution in [1.82, 2.24) is 0 Å². The van der Waals surface area contributed by atoms with Crippen LogP contribution in [0.3, 0.4) is 0 Å². The van der Waals surface area contributed by atoms with Gasteiger partial charge in [0.2, 0.25) is 0 Å². The summed E-state index contributed by atoms with van der Waals surface area (Å²) in [7, 11) is 0. The monoisotopic (exact) mass is 775 g/mol. The second kappa shape index (κ2) is 17.6. The number of fused-ring (bicyclic) bond motifs is 1. The maximum atomic E-state index is 13.0. The lowest BCUT2D eigenvalue weighted by Gasteiger charge is -2.46. The van der Waals surface area contributed by atoms with Crippen molar-refractivity contribution in [3.8, 4) is 17.2 Å². The number of aromatic carboxylic acids is 1. The van der Waals surface area contributed by atoms with Crippen molar-refractivity contribution < 1.29 is 43.6 Å². The number of hydrogen-bond donors (Lipinski definition) is 3. The smallest absolute Gasteiger partial charge is 0.338 e. The molecule has 0 saturated carbocycles. The Morgan fingerprint density at radius 3 is 2.07 bits per heavy atom. The Labute approximate surface area is 330 Å². The number of benzene rings is 4. The maximum Gasteiger partial charge on any atom is 0.338 e. The van der Waals surface area contributed by atoms with E-state index in [1.54, 1.807) is 72.8 Å². The van der Waals surface area contributed by atoms with Gasteiger partial charge >= 0.3 is 17.9 Å². The molecule has 6 rings (SSSR count). The molecule has 3 N–H and O–H groups in total. The number of aryl methyl sites for hydroxylation is 1. The van der Waals surface area contributed by atoms with E-state index < -0.39 is 29.2 Å². The van der Waals surface area contributed by atoms with Crippen LogP contribution in [0.5, 0.6) is 17.2 Å². The van der Waals surface area contributed by atoms with Gasteiger partial charge in [0.25, 0.3) is 5.91 Å². The van der Waals surface area contributed by atoms with Crippen LogP contribution in [-0.4, -0.2) is 47.2 Å². The van der Waals surface area contributed by atoms with Gasteiger partial charge in [-0.15, -0.1) is 0 Å². The summed E-state index contributed by atoms with van der Waals surface area (Å²) in [5, 5.41) is 23.0. The number of carboxylic acid groups (broad SMARTS) is 2. The van der Waals surface area contributed by atoms with Crippen LogP contribution in [0.2, 0.25) is 0 Å². The number of halogens is 1. The highest BCUT2D eigenvalue weighted by Crippen LogP contribution is 2.53. The van der Waals surface area contributed by atoms with Gasteiger partial charge in [0, 0.05) is 16.6 Å². The molecule has 4 aromatic rings. The average molecular weight is 776 g/mol. The van der Waals surface area contributed by atoms with E-state index in [1.807, 2.05) is 50.3 Å². The summed E-state index contributed by atoms with van der Waals surface area (Å²) in [5.41, 5.74) is 2.66. The average Bonchev–Trinajstić information content (AvgIpc) is 3.18. The predicted molar refractivity (Wildman–Crippen MR) is 213 cm³/mol. The second-order valence-corrected chi connectivity index (χ2v) is 14.6. The van der Waals surface area contributed by atoms with Crippen LogP contribution >= 0.6 is 11.6 Å². The lowest BCUT2D eigenvalue weighted by molar-refractivity contribution is -0.152. The summed E-state index contributed by atoms with van der Waals surface area (Å²) in [4.78, 5) is 49.4. The minimum absolute atomic E-state index is 0.0114. The molecule has 4 aromatic carbocycles. The fourth-order valence-corrected chi connectivity index (χ4v) is 7.45. The fraction of sp³-hybridized carbons (Fsp3) is 0.244. The third-order valence-electron chi connectivity index (χ3n) is 10.2. The first-order chi connectivity index (χ1) is 26.9. The Kier molecular flexibility index (Phi) is 12.4. The molecule has 0 heterocycles. The molecule has 0 fully saturated rings. The maximum absolute atomic E-state index is 13.0. The number of allylic oxidation sites excluding steroid dienone is 4. The Balaban J connectivity index is 0.991. The molecule has 2 aliphatic carbocycles. The van der Waals surface area contributed by atoms with E-state index in [1.165, 1.54) is 12.1 Å². The van der Waals surface area contributed by atoms with Gasteiger partial charge in [0.15, 0.2) is 6.61 Å². The van der Waals surface area contributed by atoms with Gasteiger partial charge in [-0.1, -0.05) is 71.3 Å². The van der Waals surface area contributed by atoms with Crippen LogP contribution in [-0.2, 0) is 14.3 Å². The summed E-state index contributed by atoms with van der Waals surface area (Å²) in [5.74, 6) is -1.78. The van der Waals surface area contributed by atoms with E-state index in [0.717, 1.165) is 11.1 Å². The molecule has 0 spiro atoms. The molecule has 1 amide bonds. The second-order valence-electron chi connectivity index (χ2n) is 14.2. The summed E-state index contributed by atoms with van der Waals surface area (Å²) in [6.45, 7) is 4.00. The van der Waals surface area contributed by atoms with Crippen molar-refractivity contribution >= 4 is 46.1 Å². The van der Waals surface area contributed by atoms with Crippen molar-refractivity contribution in [2.24, 2.45) is 23.2 Å². The quantitative estimate of drug-likeness (QED) is 0.0841. The Morgan fingerprint density at radius 1 is 0.821 bits per heavy atom. The van der Waals surface area contributed by atoms with E-state index >= 15 is 0 Å². The Hall–Kier alpha value is -6.13. The SMILES string of the molecule is CC1=C[C@@H](/C=C(\Cl)c2ccc(C(=O)O)cc2)[C@]2(C(=O)O)C=C[C@@H](CCOC(=O)c3ccc(Oc4ccc(NC(=O)COc5ccc(C)cc5)cc4)cc3)C[C@@H]2C1. The number of hydrogen-bond acceptors (Lipinski definition) is 7. The number of carboxylic acids is 2. The van der Waals surface area contributed by atoms with Crippen LogP contribution in [0.25, 0.3) is 5.03 Å². The van der Waals surface area contributed by atoms with E-state index in [0.29, 0.717) is 58.4 Å². The van der Waals surface area contributed by atoms with Gasteiger partial charge in [-0.25, -0.2) is 9.59 Å². The highest BCUT2D eigenvalue weighted by atomic mass is 35.5. The Bertz CT molecular complexity index is 2160.